The summed E-state index contributed by atoms with van der Waals surface area (Å²) in [6.07, 6.45) is 0.619. The normalized spacial score (nSPS) is 13.4. The van der Waals surface area contributed by atoms with Gasteiger partial charge in [0.15, 0.2) is 6.61 Å². The molecule has 164 valence electrons. The predicted molar refractivity (Wildman–Crippen MR) is 124 cm³/mol. The first-order valence-electron chi connectivity index (χ1n) is 10.7. The molecule has 1 amide bonds. The molecule has 3 aromatic carbocycles. The molecule has 0 aliphatic carbocycles. The van der Waals surface area contributed by atoms with E-state index in [9.17, 15) is 9.59 Å². The van der Waals surface area contributed by atoms with Crippen molar-refractivity contribution in [2.45, 2.75) is 6.42 Å². The molecule has 0 atom stereocenters. The lowest BCUT2D eigenvalue weighted by atomic mass is 10.00. The van der Waals surface area contributed by atoms with E-state index in [1.54, 1.807) is 12.1 Å². The molecular weight excluding hydrogens is 404 g/mol. The van der Waals surface area contributed by atoms with E-state index in [4.69, 9.17) is 9.47 Å². The number of esters is 1. The minimum atomic E-state index is -0.505. The molecule has 1 fully saturated rings. The van der Waals surface area contributed by atoms with Crippen LogP contribution >= 0.6 is 0 Å². The summed E-state index contributed by atoms with van der Waals surface area (Å²) in [5.41, 5.74) is 4.19. The van der Waals surface area contributed by atoms with Crippen LogP contribution in [0.15, 0.2) is 78.9 Å². The molecule has 6 nitrogen and oxygen atoms in total. The van der Waals surface area contributed by atoms with Crippen LogP contribution in [-0.4, -0.2) is 44.8 Å². The first kappa shape index (κ1) is 21.6. The molecule has 0 spiro atoms. The average Bonchev–Trinajstić information content (AvgIpc) is 2.84. The van der Waals surface area contributed by atoms with Crippen LogP contribution in [0.4, 0.5) is 11.4 Å². The highest BCUT2D eigenvalue weighted by molar-refractivity contribution is 5.96. The molecule has 1 N–H and O–H groups in total. The lowest BCUT2D eigenvalue weighted by Crippen LogP contribution is -2.36. The quantitative estimate of drug-likeness (QED) is 0.576. The zero-order chi connectivity index (χ0) is 22.2. The first-order valence-corrected chi connectivity index (χ1v) is 10.7. The van der Waals surface area contributed by atoms with Crippen molar-refractivity contribution >= 4 is 23.3 Å². The Morgan fingerprint density at radius 3 is 2.31 bits per heavy atom. The third-order valence-electron chi connectivity index (χ3n) is 5.34. The summed E-state index contributed by atoms with van der Waals surface area (Å²) in [4.78, 5) is 27.1. The van der Waals surface area contributed by atoms with Crippen LogP contribution in [-0.2, 0) is 20.7 Å². The van der Waals surface area contributed by atoms with E-state index in [1.807, 2.05) is 66.7 Å². The van der Waals surface area contributed by atoms with Crippen molar-refractivity contribution in [3.63, 3.8) is 0 Å². The van der Waals surface area contributed by atoms with E-state index >= 15 is 0 Å². The number of nitrogens with one attached hydrogen (secondary N) is 1. The summed E-state index contributed by atoms with van der Waals surface area (Å²) >= 11 is 0. The topological polar surface area (TPSA) is 67.9 Å². The number of hydrogen-bond donors (Lipinski definition) is 1. The Kier molecular flexibility index (Phi) is 7.15. The zero-order valence-electron chi connectivity index (χ0n) is 17.8. The van der Waals surface area contributed by atoms with Crippen LogP contribution < -0.4 is 10.2 Å². The van der Waals surface area contributed by atoms with Gasteiger partial charge in [-0.15, -0.1) is 0 Å². The molecule has 1 aliphatic heterocycles. The maximum Gasteiger partial charge on any atom is 0.338 e. The van der Waals surface area contributed by atoms with Gasteiger partial charge in [0.2, 0.25) is 0 Å². The van der Waals surface area contributed by atoms with Gasteiger partial charge in [-0.05, 0) is 47.9 Å². The Balaban J connectivity index is 1.31. The molecule has 6 heteroatoms. The highest BCUT2D eigenvalue weighted by Gasteiger charge is 2.15. The minimum absolute atomic E-state index is 0.344. The summed E-state index contributed by atoms with van der Waals surface area (Å²) in [7, 11) is 0. The molecule has 1 heterocycles. The number of morpholine rings is 1. The van der Waals surface area contributed by atoms with Gasteiger partial charge in [0.1, 0.15) is 0 Å². The van der Waals surface area contributed by atoms with Gasteiger partial charge in [0.25, 0.3) is 5.91 Å². The SMILES string of the molecule is O=C(COC(=O)c1ccccc1Cc1ccccc1)Nc1ccc(N2CCOCC2)cc1. The second kappa shape index (κ2) is 10.6. The van der Waals surface area contributed by atoms with Crippen LogP contribution in [0.25, 0.3) is 0 Å². The maximum absolute atomic E-state index is 12.6. The van der Waals surface area contributed by atoms with E-state index in [1.165, 1.54) is 0 Å². The molecular formula is C26H26N2O4. The summed E-state index contributed by atoms with van der Waals surface area (Å²) in [5.74, 6) is -0.882. The molecule has 0 saturated carbocycles. The van der Waals surface area contributed by atoms with Gasteiger partial charge in [0.05, 0.1) is 18.8 Å². The fourth-order valence-corrected chi connectivity index (χ4v) is 3.67. The second-order valence-corrected chi connectivity index (χ2v) is 7.59. The molecule has 1 saturated heterocycles. The number of anilines is 2. The van der Waals surface area contributed by atoms with Crippen molar-refractivity contribution in [3.05, 3.63) is 95.6 Å². The molecule has 3 aromatic rings. The van der Waals surface area contributed by atoms with Crippen LogP contribution in [0.1, 0.15) is 21.5 Å². The van der Waals surface area contributed by atoms with Crippen molar-refractivity contribution in [2.24, 2.45) is 0 Å². The highest BCUT2D eigenvalue weighted by atomic mass is 16.5. The molecule has 32 heavy (non-hydrogen) atoms. The zero-order valence-corrected chi connectivity index (χ0v) is 17.8. The Labute approximate surface area is 187 Å². The molecule has 0 radical (unpaired) electrons. The van der Waals surface area contributed by atoms with Gasteiger partial charge in [-0.25, -0.2) is 4.79 Å². The van der Waals surface area contributed by atoms with Crippen LogP contribution in [0, 0.1) is 0 Å². The summed E-state index contributed by atoms with van der Waals surface area (Å²) in [6, 6.07) is 24.9. The third kappa shape index (κ3) is 5.74. The Bertz CT molecular complexity index is 1040. The minimum Gasteiger partial charge on any atom is -0.452 e. The number of ether oxygens (including phenoxy) is 2. The summed E-state index contributed by atoms with van der Waals surface area (Å²) < 4.78 is 10.7. The maximum atomic E-state index is 12.6. The van der Waals surface area contributed by atoms with E-state index in [-0.39, 0.29) is 12.5 Å². The van der Waals surface area contributed by atoms with Gasteiger partial charge >= 0.3 is 5.97 Å². The van der Waals surface area contributed by atoms with E-state index in [0.717, 1.165) is 43.1 Å². The van der Waals surface area contributed by atoms with Gasteiger partial charge in [0, 0.05) is 24.5 Å². The average molecular weight is 431 g/mol. The van der Waals surface area contributed by atoms with Gasteiger partial charge in [-0.1, -0.05) is 48.5 Å². The number of amides is 1. The van der Waals surface area contributed by atoms with Gasteiger partial charge in [-0.2, -0.15) is 0 Å². The van der Waals surface area contributed by atoms with E-state index < -0.39 is 5.97 Å². The Morgan fingerprint density at radius 1 is 0.875 bits per heavy atom. The number of carbonyl (C=O) groups is 2. The first-order chi connectivity index (χ1) is 15.7. The number of rotatable bonds is 7. The monoisotopic (exact) mass is 430 g/mol. The lowest BCUT2D eigenvalue weighted by Gasteiger charge is -2.28. The van der Waals surface area contributed by atoms with Gasteiger partial charge in [-0.3, -0.25) is 4.79 Å². The highest BCUT2D eigenvalue weighted by Crippen LogP contribution is 2.19. The fraction of sp³-hybridized carbons (Fsp3) is 0.231. The van der Waals surface area contributed by atoms with E-state index in [0.29, 0.717) is 17.7 Å². The number of hydrogen-bond acceptors (Lipinski definition) is 5. The van der Waals surface area contributed by atoms with Crippen molar-refractivity contribution in [1.82, 2.24) is 0 Å². The predicted octanol–water partition coefficient (Wildman–Crippen LogP) is 3.91. The van der Waals surface area contributed by atoms with Crippen molar-refractivity contribution in [3.8, 4) is 0 Å². The fourth-order valence-electron chi connectivity index (χ4n) is 3.67. The van der Waals surface area contributed by atoms with Crippen molar-refractivity contribution in [1.29, 1.82) is 0 Å². The number of benzene rings is 3. The molecule has 4 rings (SSSR count). The molecule has 0 unspecified atom stereocenters. The summed E-state index contributed by atoms with van der Waals surface area (Å²) in [6.45, 7) is 2.81. The van der Waals surface area contributed by atoms with Crippen LogP contribution in [0.3, 0.4) is 0 Å². The van der Waals surface area contributed by atoms with Crippen molar-refractivity contribution in [2.75, 3.05) is 43.1 Å². The smallest absolute Gasteiger partial charge is 0.338 e. The lowest BCUT2D eigenvalue weighted by molar-refractivity contribution is -0.119. The third-order valence-corrected chi connectivity index (χ3v) is 5.34. The molecule has 0 bridgehead atoms. The number of carbonyl (C=O) groups excluding carboxylic acids is 2. The Hall–Kier alpha value is -3.64. The second-order valence-electron chi connectivity index (χ2n) is 7.59. The summed E-state index contributed by atoms with van der Waals surface area (Å²) in [5, 5.41) is 2.77. The number of nitrogens with zero attached hydrogens (tertiary/aromatic N) is 1. The van der Waals surface area contributed by atoms with Crippen LogP contribution in [0.2, 0.25) is 0 Å². The van der Waals surface area contributed by atoms with Crippen LogP contribution in [0.5, 0.6) is 0 Å². The largest absolute Gasteiger partial charge is 0.452 e. The van der Waals surface area contributed by atoms with E-state index in [2.05, 4.69) is 10.2 Å². The molecule has 0 aromatic heterocycles. The molecule has 1 aliphatic rings. The standard InChI is InChI=1S/C26H26N2O4/c29-25(27-22-10-12-23(13-11-22)28-14-16-31-17-15-28)19-32-26(30)24-9-5-4-8-21(24)18-20-6-2-1-3-7-20/h1-13H,14-19H2,(H,27,29). The van der Waals surface area contributed by atoms with Gasteiger partial charge < -0.3 is 19.7 Å². The Morgan fingerprint density at radius 2 is 1.56 bits per heavy atom. The van der Waals surface area contributed by atoms with Crippen molar-refractivity contribution < 1.29 is 19.1 Å².